The first kappa shape index (κ1) is 19.9. The lowest BCUT2D eigenvalue weighted by Crippen LogP contribution is -2.19. The summed E-state index contributed by atoms with van der Waals surface area (Å²) in [5.41, 5.74) is 7.29. The van der Waals surface area contributed by atoms with Gasteiger partial charge in [0.05, 0.1) is 32.7 Å². The highest BCUT2D eigenvalue weighted by molar-refractivity contribution is 6.34. The second kappa shape index (κ2) is 8.02. The van der Waals surface area contributed by atoms with Crippen molar-refractivity contribution in [3.8, 4) is 11.5 Å². The third-order valence-corrected chi connectivity index (χ3v) is 4.53. The first-order valence-corrected chi connectivity index (χ1v) is 9.13. The van der Waals surface area contributed by atoms with Gasteiger partial charge in [-0.05, 0) is 12.3 Å². The van der Waals surface area contributed by atoms with Crippen LogP contribution in [-0.2, 0) is 13.0 Å². The number of rotatable bonds is 6. The number of aromatic nitrogens is 4. The van der Waals surface area contributed by atoms with E-state index in [1.165, 1.54) is 0 Å². The summed E-state index contributed by atoms with van der Waals surface area (Å²) in [6.45, 7) is 4.44. The van der Waals surface area contributed by atoms with E-state index in [0.717, 1.165) is 0 Å². The monoisotopic (exact) mass is 403 g/mol. The summed E-state index contributed by atoms with van der Waals surface area (Å²) in [5, 5.41) is 0.307. The number of hydrogen-bond donors (Lipinski definition) is 1. The SMILES string of the molecule is COc1cnc(Cn2cc(CC(C)C)c(=O)c3c(Cl)nc(N)nc32)cc1OC. The van der Waals surface area contributed by atoms with Crippen LogP contribution in [0, 0.1) is 5.92 Å². The lowest BCUT2D eigenvalue weighted by atomic mass is 10.0. The molecule has 3 aromatic heterocycles. The highest BCUT2D eigenvalue weighted by atomic mass is 35.5. The van der Waals surface area contributed by atoms with Crippen LogP contribution >= 0.6 is 11.6 Å². The van der Waals surface area contributed by atoms with Gasteiger partial charge in [0.2, 0.25) is 5.95 Å². The number of pyridine rings is 2. The zero-order valence-electron chi connectivity index (χ0n) is 16.2. The lowest BCUT2D eigenvalue weighted by molar-refractivity contribution is 0.352. The summed E-state index contributed by atoms with van der Waals surface area (Å²) < 4.78 is 12.4. The Morgan fingerprint density at radius 1 is 1.21 bits per heavy atom. The molecule has 0 spiro atoms. The first-order chi connectivity index (χ1) is 13.3. The number of anilines is 1. The molecule has 0 amide bonds. The molecule has 3 heterocycles. The molecule has 0 aliphatic heterocycles. The Morgan fingerprint density at radius 3 is 2.57 bits per heavy atom. The molecule has 3 rings (SSSR count). The average molecular weight is 404 g/mol. The van der Waals surface area contributed by atoms with Crippen LogP contribution in [-0.4, -0.2) is 33.7 Å². The van der Waals surface area contributed by atoms with Gasteiger partial charge in [-0.1, -0.05) is 25.4 Å². The van der Waals surface area contributed by atoms with Crippen LogP contribution < -0.4 is 20.6 Å². The number of ether oxygens (including phenoxy) is 2. The molecule has 0 aliphatic rings. The summed E-state index contributed by atoms with van der Waals surface area (Å²) in [4.78, 5) is 25.5. The van der Waals surface area contributed by atoms with Crippen LogP contribution in [0.1, 0.15) is 25.1 Å². The normalized spacial score (nSPS) is 11.2. The molecule has 148 valence electrons. The topological polar surface area (TPSA) is 105 Å². The van der Waals surface area contributed by atoms with E-state index >= 15 is 0 Å². The van der Waals surface area contributed by atoms with E-state index in [9.17, 15) is 4.79 Å². The fraction of sp³-hybridized carbons (Fsp3) is 0.368. The molecular formula is C19H22ClN5O3. The number of nitrogen functional groups attached to an aromatic ring is 1. The van der Waals surface area contributed by atoms with Crippen LogP contribution in [0.2, 0.25) is 5.15 Å². The highest BCUT2D eigenvalue weighted by Gasteiger charge is 2.17. The van der Waals surface area contributed by atoms with Crippen molar-refractivity contribution in [1.82, 2.24) is 19.5 Å². The Kier molecular flexibility index (Phi) is 5.69. The van der Waals surface area contributed by atoms with Crippen LogP contribution in [0.4, 0.5) is 5.95 Å². The number of nitrogens with two attached hydrogens (primary N) is 1. The van der Waals surface area contributed by atoms with Crippen molar-refractivity contribution in [2.45, 2.75) is 26.8 Å². The van der Waals surface area contributed by atoms with E-state index in [1.54, 1.807) is 32.7 Å². The van der Waals surface area contributed by atoms with Gasteiger partial charge >= 0.3 is 0 Å². The minimum Gasteiger partial charge on any atom is -0.493 e. The van der Waals surface area contributed by atoms with Gasteiger partial charge in [-0.3, -0.25) is 9.78 Å². The summed E-state index contributed by atoms with van der Waals surface area (Å²) in [5.74, 6) is 1.40. The summed E-state index contributed by atoms with van der Waals surface area (Å²) in [6, 6.07) is 1.77. The standard InChI is InChI=1S/C19H22ClN5O3/c1-10(2)5-11-8-25(9-12-6-13(27-3)14(28-4)7-22-12)18-15(16(11)26)17(20)23-19(21)24-18/h6-8,10H,5,9H2,1-4H3,(H2,21,23,24). The van der Waals surface area contributed by atoms with Crippen molar-refractivity contribution in [3.05, 3.63) is 45.1 Å². The van der Waals surface area contributed by atoms with E-state index < -0.39 is 0 Å². The first-order valence-electron chi connectivity index (χ1n) is 8.76. The second-order valence-electron chi connectivity index (χ2n) is 6.81. The van der Waals surface area contributed by atoms with E-state index in [4.69, 9.17) is 26.8 Å². The minimum atomic E-state index is -0.176. The second-order valence-corrected chi connectivity index (χ2v) is 7.17. The van der Waals surface area contributed by atoms with Crippen molar-refractivity contribution in [1.29, 1.82) is 0 Å². The number of fused-ring (bicyclic) bond motifs is 1. The van der Waals surface area contributed by atoms with E-state index in [-0.39, 0.29) is 21.9 Å². The largest absolute Gasteiger partial charge is 0.493 e. The number of nitrogens with zero attached hydrogens (tertiary/aromatic N) is 4. The van der Waals surface area contributed by atoms with Gasteiger partial charge in [0.1, 0.15) is 10.5 Å². The third-order valence-electron chi connectivity index (χ3n) is 4.25. The van der Waals surface area contributed by atoms with Crippen molar-refractivity contribution in [2.75, 3.05) is 20.0 Å². The van der Waals surface area contributed by atoms with Gasteiger partial charge in [-0.25, -0.2) is 4.98 Å². The van der Waals surface area contributed by atoms with Gasteiger partial charge < -0.3 is 19.8 Å². The zero-order chi connectivity index (χ0) is 20.4. The Morgan fingerprint density at radius 2 is 1.93 bits per heavy atom. The Balaban J connectivity index is 2.19. The molecule has 0 fully saturated rings. The fourth-order valence-electron chi connectivity index (χ4n) is 3.05. The zero-order valence-corrected chi connectivity index (χ0v) is 16.9. The van der Waals surface area contributed by atoms with Gasteiger partial charge in [0.25, 0.3) is 0 Å². The quantitative estimate of drug-likeness (QED) is 0.630. The van der Waals surface area contributed by atoms with Crippen LogP contribution in [0.25, 0.3) is 11.0 Å². The summed E-state index contributed by atoms with van der Waals surface area (Å²) in [7, 11) is 3.11. The van der Waals surface area contributed by atoms with Crippen LogP contribution in [0.15, 0.2) is 23.3 Å². The Hall–Kier alpha value is -2.87. The molecule has 0 saturated heterocycles. The smallest absolute Gasteiger partial charge is 0.223 e. The van der Waals surface area contributed by atoms with Gasteiger partial charge in [0.15, 0.2) is 22.6 Å². The number of halogens is 1. The summed E-state index contributed by atoms with van der Waals surface area (Å²) >= 11 is 6.24. The molecule has 28 heavy (non-hydrogen) atoms. The van der Waals surface area contributed by atoms with Gasteiger partial charge in [-0.2, -0.15) is 4.98 Å². The van der Waals surface area contributed by atoms with E-state index in [0.29, 0.717) is 47.3 Å². The average Bonchev–Trinajstić information content (AvgIpc) is 2.64. The lowest BCUT2D eigenvalue weighted by Gasteiger charge is -2.15. The molecular weight excluding hydrogens is 382 g/mol. The summed E-state index contributed by atoms with van der Waals surface area (Å²) in [6.07, 6.45) is 3.98. The minimum absolute atomic E-state index is 0.00234. The molecule has 9 heteroatoms. The Bertz CT molecular complexity index is 1080. The predicted octanol–water partition coefficient (Wildman–Crippen LogP) is 2.69. The maximum Gasteiger partial charge on any atom is 0.223 e. The number of hydrogen-bond acceptors (Lipinski definition) is 7. The van der Waals surface area contributed by atoms with Crippen LogP contribution in [0.5, 0.6) is 11.5 Å². The van der Waals surface area contributed by atoms with Crippen molar-refractivity contribution in [2.24, 2.45) is 5.92 Å². The van der Waals surface area contributed by atoms with Crippen molar-refractivity contribution >= 4 is 28.6 Å². The van der Waals surface area contributed by atoms with Crippen molar-refractivity contribution < 1.29 is 9.47 Å². The number of methoxy groups -OCH3 is 2. The Labute approximate surface area is 167 Å². The third kappa shape index (κ3) is 3.87. The van der Waals surface area contributed by atoms with E-state index in [1.807, 2.05) is 18.4 Å². The predicted molar refractivity (Wildman–Crippen MR) is 108 cm³/mol. The van der Waals surface area contributed by atoms with Crippen molar-refractivity contribution in [3.63, 3.8) is 0 Å². The molecule has 0 aromatic carbocycles. The molecule has 3 aromatic rings. The van der Waals surface area contributed by atoms with E-state index in [2.05, 4.69) is 15.0 Å². The molecule has 8 nitrogen and oxygen atoms in total. The maximum absolute atomic E-state index is 12.9. The molecule has 0 atom stereocenters. The molecule has 0 bridgehead atoms. The molecule has 0 radical (unpaired) electrons. The molecule has 2 N–H and O–H groups in total. The van der Waals surface area contributed by atoms with Crippen LogP contribution in [0.3, 0.4) is 0 Å². The molecule has 0 saturated carbocycles. The maximum atomic E-state index is 12.9. The van der Waals surface area contributed by atoms with Gasteiger partial charge in [0, 0.05) is 17.8 Å². The molecule has 0 unspecified atom stereocenters. The van der Waals surface area contributed by atoms with Gasteiger partial charge in [-0.15, -0.1) is 0 Å². The fourth-order valence-corrected chi connectivity index (χ4v) is 3.31. The highest BCUT2D eigenvalue weighted by Crippen LogP contribution is 2.27. The molecule has 0 aliphatic carbocycles.